The van der Waals surface area contributed by atoms with Crippen molar-refractivity contribution in [1.82, 2.24) is 10.2 Å². The van der Waals surface area contributed by atoms with Crippen molar-refractivity contribution in [3.8, 4) is 6.07 Å². The van der Waals surface area contributed by atoms with Gasteiger partial charge < -0.3 is 4.90 Å². The van der Waals surface area contributed by atoms with Crippen LogP contribution in [0.15, 0.2) is 0 Å². The number of likely N-dealkylation sites (tertiary alicyclic amines) is 1. The summed E-state index contributed by atoms with van der Waals surface area (Å²) in [6.45, 7) is 9.29. The van der Waals surface area contributed by atoms with Crippen molar-refractivity contribution >= 4 is 0 Å². The molecular formula is C10H19N3. The van der Waals surface area contributed by atoms with Gasteiger partial charge in [0.1, 0.15) is 5.54 Å². The molecule has 0 saturated carbocycles. The van der Waals surface area contributed by atoms with Gasteiger partial charge in [-0.25, -0.2) is 0 Å². The molecule has 0 aliphatic carbocycles. The third-order valence-corrected chi connectivity index (χ3v) is 2.57. The summed E-state index contributed by atoms with van der Waals surface area (Å²) in [5.41, 5.74) is -0.288. The van der Waals surface area contributed by atoms with E-state index in [1.54, 1.807) is 0 Å². The van der Waals surface area contributed by atoms with E-state index in [2.05, 4.69) is 37.1 Å². The molecule has 1 heterocycles. The van der Waals surface area contributed by atoms with E-state index in [1.165, 1.54) is 0 Å². The molecule has 0 amide bonds. The van der Waals surface area contributed by atoms with Gasteiger partial charge in [-0.3, -0.25) is 5.32 Å². The second kappa shape index (κ2) is 4.08. The Kier molecular flexibility index (Phi) is 3.29. The highest BCUT2D eigenvalue weighted by molar-refractivity contribution is 5.13. The van der Waals surface area contributed by atoms with Crippen molar-refractivity contribution in [3.63, 3.8) is 0 Å². The number of hydrogen-bond acceptors (Lipinski definition) is 3. The van der Waals surface area contributed by atoms with E-state index in [0.29, 0.717) is 6.04 Å². The van der Waals surface area contributed by atoms with Gasteiger partial charge in [-0.2, -0.15) is 5.26 Å². The summed E-state index contributed by atoms with van der Waals surface area (Å²) in [5, 5.41) is 12.5. The number of likely N-dealkylation sites (N-methyl/N-ethyl adjacent to an activating group) is 1. The monoisotopic (exact) mass is 181 g/mol. The third kappa shape index (κ3) is 2.43. The second-order valence-corrected chi connectivity index (χ2v) is 4.11. The lowest BCUT2D eigenvalue weighted by atomic mass is 10.00. The van der Waals surface area contributed by atoms with Crippen LogP contribution in [0.4, 0.5) is 0 Å². The maximum Gasteiger partial charge on any atom is 0.120 e. The quantitative estimate of drug-likeness (QED) is 0.705. The highest BCUT2D eigenvalue weighted by Gasteiger charge is 2.37. The third-order valence-electron chi connectivity index (χ3n) is 2.57. The molecule has 0 radical (unpaired) electrons. The van der Waals surface area contributed by atoms with Gasteiger partial charge in [-0.15, -0.1) is 0 Å². The van der Waals surface area contributed by atoms with Crippen molar-refractivity contribution in [1.29, 1.82) is 5.26 Å². The molecule has 1 aliphatic rings. The van der Waals surface area contributed by atoms with Gasteiger partial charge in [0, 0.05) is 19.1 Å². The minimum Gasteiger partial charge on any atom is -0.301 e. The highest BCUT2D eigenvalue weighted by Crippen LogP contribution is 2.20. The fourth-order valence-electron chi connectivity index (χ4n) is 1.95. The van der Waals surface area contributed by atoms with Crippen LogP contribution >= 0.6 is 0 Å². The maximum absolute atomic E-state index is 9.14. The number of hydrogen-bond donors (Lipinski definition) is 1. The van der Waals surface area contributed by atoms with E-state index in [9.17, 15) is 0 Å². The summed E-state index contributed by atoms with van der Waals surface area (Å²) >= 11 is 0. The van der Waals surface area contributed by atoms with Crippen LogP contribution in [0.25, 0.3) is 0 Å². The molecule has 3 heteroatoms. The Labute approximate surface area is 80.7 Å². The zero-order valence-electron chi connectivity index (χ0n) is 8.80. The average molecular weight is 181 g/mol. The fourth-order valence-corrected chi connectivity index (χ4v) is 1.95. The van der Waals surface area contributed by atoms with E-state index in [4.69, 9.17) is 5.26 Å². The highest BCUT2D eigenvalue weighted by atomic mass is 15.2. The van der Waals surface area contributed by atoms with Crippen LogP contribution in [-0.2, 0) is 0 Å². The van der Waals surface area contributed by atoms with Crippen molar-refractivity contribution in [3.05, 3.63) is 0 Å². The normalized spacial score (nSPS) is 29.5. The first-order chi connectivity index (χ1) is 6.12. The molecule has 1 fully saturated rings. The maximum atomic E-state index is 9.14. The number of nitrogens with zero attached hydrogens (tertiary/aromatic N) is 2. The van der Waals surface area contributed by atoms with Crippen LogP contribution in [0.5, 0.6) is 0 Å². The first-order valence-electron chi connectivity index (χ1n) is 5.03. The minimum atomic E-state index is -0.288. The summed E-state index contributed by atoms with van der Waals surface area (Å²) in [7, 11) is 0. The predicted octanol–water partition coefficient (Wildman–Crippen LogP) is 0.972. The zero-order chi connectivity index (χ0) is 9.90. The lowest BCUT2D eigenvalue weighted by Crippen LogP contribution is -2.49. The number of nitrogens with one attached hydrogen (secondary N) is 1. The molecule has 0 spiro atoms. The molecular weight excluding hydrogens is 162 g/mol. The molecule has 0 bridgehead atoms. The lowest BCUT2D eigenvalue weighted by Gasteiger charge is -2.25. The molecule has 13 heavy (non-hydrogen) atoms. The summed E-state index contributed by atoms with van der Waals surface area (Å²) in [4.78, 5) is 2.32. The van der Waals surface area contributed by atoms with Crippen LogP contribution in [0.2, 0.25) is 0 Å². The van der Waals surface area contributed by atoms with Gasteiger partial charge in [0.2, 0.25) is 0 Å². The number of nitriles is 1. The SMILES string of the molecule is CCN1CCC(C#N)(NC(C)C)C1. The van der Waals surface area contributed by atoms with Gasteiger partial charge in [0.25, 0.3) is 0 Å². The molecule has 1 saturated heterocycles. The molecule has 1 rings (SSSR count). The molecule has 74 valence electrons. The van der Waals surface area contributed by atoms with Crippen LogP contribution in [0.3, 0.4) is 0 Å². The van der Waals surface area contributed by atoms with E-state index in [0.717, 1.165) is 26.1 Å². The average Bonchev–Trinajstić information content (AvgIpc) is 2.48. The van der Waals surface area contributed by atoms with Crippen molar-refractivity contribution in [2.75, 3.05) is 19.6 Å². The Morgan fingerprint density at radius 1 is 1.62 bits per heavy atom. The molecule has 1 atom stereocenters. The Bertz CT molecular complexity index is 207. The van der Waals surface area contributed by atoms with E-state index in [1.807, 2.05) is 0 Å². The predicted molar refractivity (Wildman–Crippen MR) is 53.3 cm³/mol. The standard InChI is InChI=1S/C10H19N3/c1-4-13-6-5-10(7-11,8-13)12-9(2)3/h9,12H,4-6,8H2,1-3H3. The molecule has 1 aliphatic heterocycles. The van der Waals surface area contributed by atoms with E-state index in [-0.39, 0.29) is 5.54 Å². The molecule has 0 aromatic heterocycles. The topological polar surface area (TPSA) is 39.1 Å². The van der Waals surface area contributed by atoms with Gasteiger partial charge in [-0.05, 0) is 26.8 Å². The molecule has 0 aromatic carbocycles. The summed E-state index contributed by atoms with van der Waals surface area (Å²) in [6, 6.07) is 2.81. The zero-order valence-corrected chi connectivity index (χ0v) is 8.80. The molecule has 1 unspecified atom stereocenters. The van der Waals surface area contributed by atoms with Crippen LogP contribution in [0, 0.1) is 11.3 Å². The van der Waals surface area contributed by atoms with Crippen LogP contribution in [0.1, 0.15) is 27.2 Å². The molecule has 0 aromatic rings. The second-order valence-electron chi connectivity index (χ2n) is 4.11. The summed E-state index contributed by atoms with van der Waals surface area (Å²) in [6.07, 6.45) is 0.954. The smallest absolute Gasteiger partial charge is 0.120 e. The van der Waals surface area contributed by atoms with Gasteiger partial charge >= 0.3 is 0 Å². The first kappa shape index (κ1) is 10.5. The van der Waals surface area contributed by atoms with Gasteiger partial charge in [-0.1, -0.05) is 6.92 Å². The number of rotatable bonds is 3. The van der Waals surface area contributed by atoms with E-state index >= 15 is 0 Å². The van der Waals surface area contributed by atoms with Crippen molar-refractivity contribution in [2.45, 2.75) is 38.8 Å². The Morgan fingerprint density at radius 3 is 2.69 bits per heavy atom. The Hall–Kier alpha value is -0.590. The summed E-state index contributed by atoms with van der Waals surface area (Å²) in [5.74, 6) is 0. The van der Waals surface area contributed by atoms with Gasteiger partial charge in [0.05, 0.1) is 6.07 Å². The Morgan fingerprint density at radius 2 is 2.31 bits per heavy atom. The van der Waals surface area contributed by atoms with Gasteiger partial charge in [0.15, 0.2) is 0 Å². The largest absolute Gasteiger partial charge is 0.301 e. The van der Waals surface area contributed by atoms with E-state index < -0.39 is 0 Å². The van der Waals surface area contributed by atoms with Crippen LogP contribution in [-0.4, -0.2) is 36.1 Å². The lowest BCUT2D eigenvalue weighted by molar-refractivity contribution is 0.316. The molecule has 3 nitrogen and oxygen atoms in total. The summed E-state index contributed by atoms with van der Waals surface area (Å²) < 4.78 is 0. The fraction of sp³-hybridized carbons (Fsp3) is 0.900. The van der Waals surface area contributed by atoms with Crippen LogP contribution < -0.4 is 5.32 Å². The van der Waals surface area contributed by atoms with Crippen molar-refractivity contribution in [2.24, 2.45) is 0 Å². The minimum absolute atomic E-state index is 0.288. The Balaban J connectivity index is 2.58. The first-order valence-corrected chi connectivity index (χ1v) is 5.03. The van der Waals surface area contributed by atoms with Crippen molar-refractivity contribution < 1.29 is 0 Å². The molecule has 1 N–H and O–H groups in total.